The standard InChI is InChI=1S/C42H68N2O8/c1-7-9-11-13-15-17-19-21-23-25-27-51-39-29-37(43-31-35(33(3)45)41(47)49-5)38(44-32-36(34(4)46)42(48)50-6)30-40(39)52-28-26-24-22-20-18-16-14-12-10-8-2/h29-32,45-46H,7-28H2,1-6H3/b35-33-,36-34+,43-31?,44-32?. The number of allylic oxidation sites excluding steroid dienone is 2. The lowest BCUT2D eigenvalue weighted by atomic mass is 10.1. The van der Waals surface area contributed by atoms with Crippen LogP contribution in [0.1, 0.15) is 156 Å². The minimum atomic E-state index is -0.755. The fourth-order valence-corrected chi connectivity index (χ4v) is 5.59. The quantitative estimate of drug-likeness (QED) is 0.0263. The van der Waals surface area contributed by atoms with E-state index in [2.05, 4.69) is 23.8 Å². The SMILES string of the molecule is CCCCCCCCCCCCOc1cc(N=C/C(C(=O)OC)=C(\C)O)c(N=C/C(C(=O)OC)=C(/C)O)cc1OCCCCCCCCCCCC. The lowest BCUT2D eigenvalue weighted by Crippen LogP contribution is -2.08. The first-order valence-corrected chi connectivity index (χ1v) is 19.7. The Hall–Kier alpha value is -3.82. The normalized spacial score (nSPS) is 12.6. The van der Waals surface area contributed by atoms with Crippen LogP contribution >= 0.6 is 0 Å². The van der Waals surface area contributed by atoms with Gasteiger partial charge in [-0.05, 0) is 26.7 Å². The first kappa shape index (κ1) is 46.2. The molecule has 10 nitrogen and oxygen atoms in total. The van der Waals surface area contributed by atoms with Gasteiger partial charge >= 0.3 is 11.9 Å². The van der Waals surface area contributed by atoms with Crippen molar-refractivity contribution < 1.29 is 38.7 Å². The summed E-state index contributed by atoms with van der Waals surface area (Å²) in [6.45, 7) is 8.17. The molecule has 0 fully saturated rings. The molecule has 1 rings (SSSR count). The second-order valence-corrected chi connectivity index (χ2v) is 13.3. The Morgan fingerprint density at radius 3 is 1.10 bits per heavy atom. The fraction of sp³-hybridized carbons (Fsp3) is 0.667. The van der Waals surface area contributed by atoms with Crippen LogP contribution in [0.4, 0.5) is 11.4 Å². The molecule has 0 saturated carbocycles. The minimum absolute atomic E-state index is 0.132. The van der Waals surface area contributed by atoms with Gasteiger partial charge in [-0.2, -0.15) is 0 Å². The van der Waals surface area contributed by atoms with Crippen molar-refractivity contribution in [2.75, 3.05) is 27.4 Å². The molecular weight excluding hydrogens is 660 g/mol. The third-order valence-corrected chi connectivity index (χ3v) is 8.81. The van der Waals surface area contributed by atoms with Gasteiger partial charge in [0.2, 0.25) is 0 Å². The summed E-state index contributed by atoms with van der Waals surface area (Å²) in [5.41, 5.74) is 0.298. The number of carbonyl (C=O) groups excluding carboxylic acids is 2. The largest absolute Gasteiger partial charge is 0.512 e. The molecule has 0 aliphatic heterocycles. The lowest BCUT2D eigenvalue weighted by Gasteiger charge is -2.15. The number of aliphatic imine (C=N–C) groups is 2. The number of aliphatic hydroxyl groups excluding tert-OH is 2. The Bertz CT molecular complexity index is 1180. The molecule has 0 heterocycles. The van der Waals surface area contributed by atoms with E-state index in [-0.39, 0.29) is 34.0 Å². The van der Waals surface area contributed by atoms with Crippen molar-refractivity contribution >= 4 is 35.7 Å². The van der Waals surface area contributed by atoms with E-state index >= 15 is 0 Å². The molecule has 0 radical (unpaired) electrons. The summed E-state index contributed by atoms with van der Waals surface area (Å²) in [4.78, 5) is 33.5. The number of unbranched alkanes of at least 4 members (excludes halogenated alkanes) is 18. The lowest BCUT2D eigenvalue weighted by molar-refractivity contribution is -0.136. The number of hydrogen-bond acceptors (Lipinski definition) is 10. The molecule has 294 valence electrons. The van der Waals surface area contributed by atoms with E-state index < -0.39 is 11.9 Å². The van der Waals surface area contributed by atoms with E-state index in [9.17, 15) is 19.8 Å². The molecule has 0 amide bonds. The summed E-state index contributed by atoms with van der Waals surface area (Å²) in [6, 6.07) is 3.34. The Balaban J connectivity index is 3.22. The zero-order chi connectivity index (χ0) is 38.4. The summed E-state index contributed by atoms with van der Waals surface area (Å²) >= 11 is 0. The molecule has 0 bridgehead atoms. The molecule has 1 aromatic rings. The third-order valence-electron chi connectivity index (χ3n) is 8.81. The van der Waals surface area contributed by atoms with Gasteiger partial charge in [0.1, 0.15) is 22.7 Å². The second-order valence-electron chi connectivity index (χ2n) is 13.3. The first-order valence-electron chi connectivity index (χ1n) is 19.7. The van der Waals surface area contributed by atoms with Crippen molar-refractivity contribution in [1.82, 2.24) is 0 Å². The van der Waals surface area contributed by atoms with Gasteiger partial charge in [0, 0.05) is 24.6 Å². The average Bonchev–Trinajstić information content (AvgIpc) is 3.13. The van der Waals surface area contributed by atoms with E-state index in [1.54, 1.807) is 12.1 Å². The van der Waals surface area contributed by atoms with Crippen LogP contribution < -0.4 is 9.47 Å². The smallest absolute Gasteiger partial charge is 0.342 e. The highest BCUT2D eigenvalue weighted by atomic mass is 16.5. The molecule has 0 aliphatic rings. The van der Waals surface area contributed by atoms with Gasteiger partial charge in [-0.3, -0.25) is 9.98 Å². The summed E-state index contributed by atoms with van der Waals surface area (Å²) in [5, 5.41) is 20.2. The number of benzene rings is 1. The second kappa shape index (κ2) is 29.7. The van der Waals surface area contributed by atoms with Crippen LogP contribution in [0.15, 0.2) is 44.8 Å². The molecule has 0 unspecified atom stereocenters. The van der Waals surface area contributed by atoms with E-state index in [1.165, 1.54) is 130 Å². The van der Waals surface area contributed by atoms with Crippen LogP contribution in [-0.2, 0) is 19.1 Å². The predicted octanol–water partition coefficient (Wildman–Crippen LogP) is 11.7. The fourth-order valence-electron chi connectivity index (χ4n) is 5.59. The molecule has 1 aromatic carbocycles. The maximum absolute atomic E-state index is 12.3. The minimum Gasteiger partial charge on any atom is -0.512 e. The summed E-state index contributed by atoms with van der Waals surface area (Å²) in [6.07, 6.45) is 26.6. The highest BCUT2D eigenvalue weighted by Crippen LogP contribution is 2.40. The van der Waals surface area contributed by atoms with Gasteiger partial charge in [0.05, 0.1) is 38.8 Å². The number of methoxy groups -OCH3 is 2. The van der Waals surface area contributed by atoms with Gasteiger partial charge in [0.15, 0.2) is 11.5 Å². The molecule has 0 spiro atoms. The molecule has 0 aromatic heterocycles. The number of carbonyl (C=O) groups is 2. The molecule has 0 atom stereocenters. The number of rotatable bonds is 30. The number of esters is 2. The Kier molecular flexibility index (Phi) is 26.4. The topological polar surface area (TPSA) is 136 Å². The molecule has 2 N–H and O–H groups in total. The third kappa shape index (κ3) is 20.3. The monoisotopic (exact) mass is 728 g/mol. The molecule has 52 heavy (non-hydrogen) atoms. The summed E-state index contributed by atoms with van der Waals surface area (Å²) in [7, 11) is 2.43. The van der Waals surface area contributed by atoms with Gasteiger partial charge in [-0.25, -0.2) is 9.59 Å². The van der Waals surface area contributed by atoms with Crippen molar-refractivity contribution in [2.45, 2.75) is 156 Å². The van der Waals surface area contributed by atoms with Crippen LogP contribution in [0, 0.1) is 0 Å². The summed E-state index contributed by atoms with van der Waals surface area (Å²) < 4.78 is 22.1. The van der Waals surface area contributed by atoms with Gasteiger partial charge in [-0.1, -0.05) is 129 Å². The number of ether oxygens (including phenoxy) is 4. The molecule has 10 heteroatoms. The maximum Gasteiger partial charge on any atom is 0.342 e. The van der Waals surface area contributed by atoms with Crippen LogP contribution in [0.2, 0.25) is 0 Å². The van der Waals surface area contributed by atoms with Crippen LogP contribution in [0.5, 0.6) is 11.5 Å². The van der Waals surface area contributed by atoms with Crippen molar-refractivity contribution in [3.8, 4) is 11.5 Å². The highest BCUT2D eigenvalue weighted by Gasteiger charge is 2.16. The predicted molar refractivity (Wildman–Crippen MR) is 212 cm³/mol. The van der Waals surface area contributed by atoms with Gasteiger partial charge in [0.25, 0.3) is 0 Å². The van der Waals surface area contributed by atoms with E-state index in [1.807, 2.05) is 0 Å². The Labute approximate surface area is 313 Å². The zero-order valence-electron chi connectivity index (χ0n) is 33.1. The first-order chi connectivity index (χ1) is 25.2. The van der Waals surface area contributed by atoms with Crippen molar-refractivity contribution in [1.29, 1.82) is 0 Å². The van der Waals surface area contributed by atoms with Crippen LogP contribution in [0.25, 0.3) is 0 Å². The molecule has 0 saturated heterocycles. The maximum atomic E-state index is 12.3. The summed E-state index contributed by atoms with van der Waals surface area (Å²) in [5.74, 6) is -1.09. The Morgan fingerprint density at radius 1 is 0.538 bits per heavy atom. The highest BCUT2D eigenvalue weighted by molar-refractivity contribution is 6.11. The van der Waals surface area contributed by atoms with Crippen LogP contribution in [0.3, 0.4) is 0 Å². The molecule has 0 aliphatic carbocycles. The molecular formula is C42H68N2O8. The van der Waals surface area contributed by atoms with E-state index in [4.69, 9.17) is 18.9 Å². The number of nitrogens with zero attached hydrogens (tertiary/aromatic N) is 2. The average molecular weight is 729 g/mol. The number of hydrogen-bond donors (Lipinski definition) is 2. The van der Waals surface area contributed by atoms with E-state index in [0.717, 1.165) is 38.5 Å². The van der Waals surface area contributed by atoms with Crippen molar-refractivity contribution in [3.63, 3.8) is 0 Å². The number of aliphatic hydroxyl groups is 2. The van der Waals surface area contributed by atoms with Gasteiger partial charge < -0.3 is 29.2 Å². The van der Waals surface area contributed by atoms with Crippen molar-refractivity contribution in [3.05, 3.63) is 34.8 Å². The van der Waals surface area contributed by atoms with Crippen molar-refractivity contribution in [2.24, 2.45) is 9.98 Å². The van der Waals surface area contributed by atoms with E-state index in [0.29, 0.717) is 24.7 Å². The van der Waals surface area contributed by atoms with Gasteiger partial charge in [-0.15, -0.1) is 0 Å². The Morgan fingerprint density at radius 2 is 0.827 bits per heavy atom. The zero-order valence-corrected chi connectivity index (χ0v) is 33.1. The van der Waals surface area contributed by atoms with Crippen LogP contribution in [-0.4, -0.2) is 62.0 Å².